The van der Waals surface area contributed by atoms with Crippen LogP contribution in [0.1, 0.15) is 24.1 Å². The van der Waals surface area contributed by atoms with Crippen LogP contribution in [0.4, 0.5) is 9.52 Å². The van der Waals surface area contributed by atoms with Crippen molar-refractivity contribution in [2.75, 3.05) is 18.0 Å². The SMILES string of the molecule is O=S(=O)(c1cccc(F)c1)C1CCN(c2nc(Cc3cccc(Br)c3)cs2)CC1. The number of halogens is 2. The summed E-state index contributed by atoms with van der Waals surface area (Å²) >= 11 is 5.08. The van der Waals surface area contributed by atoms with Crippen molar-refractivity contribution in [3.8, 4) is 0 Å². The summed E-state index contributed by atoms with van der Waals surface area (Å²) in [6.45, 7) is 1.26. The fourth-order valence-electron chi connectivity index (χ4n) is 3.57. The Morgan fingerprint density at radius 1 is 1.14 bits per heavy atom. The van der Waals surface area contributed by atoms with Crippen molar-refractivity contribution < 1.29 is 12.8 Å². The monoisotopic (exact) mass is 494 g/mol. The van der Waals surface area contributed by atoms with Gasteiger partial charge in [0.05, 0.1) is 15.8 Å². The Labute approximate surface area is 182 Å². The zero-order chi connectivity index (χ0) is 20.4. The maximum Gasteiger partial charge on any atom is 0.185 e. The van der Waals surface area contributed by atoms with Gasteiger partial charge in [0.15, 0.2) is 15.0 Å². The summed E-state index contributed by atoms with van der Waals surface area (Å²) in [5, 5.41) is 2.50. The number of hydrogen-bond donors (Lipinski definition) is 0. The van der Waals surface area contributed by atoms with Crippen molar-refractivity contribution >= 4 is 42.2 Å². The first-order valence-corrected chi connectivity index (χ1v) is 12.6. The molecule has 0 aliphatic carbocycles. The van der Waals surface area contributed by atoms with Crippen molar-refractivity contribution in [3.63, 3.8) is 0 Å². The Bertz CT molecular complexity index is 1110. The molecule has 0 N–H and O–H groups in total. The number of nitrogens with zero attached hydrogens (tertiary/aromatic N) is 2. The van der Waals surface area contributed by atoms with Gasteiger partial charge < -0.3 is 4.90 Å². The molecule has 0 atom stereocenters. The lowest BCUT2D eigenvalue weighted by atomic mass is 10.1. The molecule has 1 fully saturated rings. The van der Waals surface area contributed by atoms with Crippen LogP contribution in [0.2, 0.25) is 0 Å². The summed E-state index contributed by atoms with van der Waals surface area (Å²) in [5.41, 5.74) is 2.20. The molecule has 0 spiro atoms. The molecule has 2 heterocycles. The Hall–Kier alpha value is -1.77. The van der Waals surface area contributed by atoms with E-state index < -0.39 is 20.9 Å². The molecule has 4 rings (SSSR count). The van der Waals surface area contributed by atoms with Gasteiger partial charge >= 0.3 is 0 Å². The topological polar surface area (TPSA) is 50.3 Å². The second-order valence-electron chi connectivity index (χ2n) is 7.12. The van der Waals surface area contributed by atoms with Gasteiger partial charge in [0.25, 0.3) is 0 Å². The van der Waals surface area contributed by atoms with Crippen molar-refractivity contribution in [3.05, 3.63) is 75.5 Å². The van der Waals surface area contributed by atoms with E-state index in [0.29, 0.717) is 25.9 Å². The Balaban J connectivity index is 1.40. The molecule has 0 amide bonds. The van der Waals surface area contributed by atoms with Gasteiger partial charge in [-0.25, -0.2) is 17.8 Å². The average molecular weight is 495 g/mol. The van der Waals surface area contributed by atoms with E-state index in [1.807, 2.05) is 12.1 Å². The Morgan fingerprint density at radius 3 is 2.62 bits per heavy atom. The lowest BCUT2D eigenvalue weighted by molar-refractivity contribution is 0.528. The molecule has 4 nitrogen and oxygen atoms in total. The van der Waals surface area contributed by atoms with Gasteiger partial charge in [-0.1, -0.05) is 34.1 Å². The molecule has 152 valence electrons. The smallest absolute Gasteiger partial charge is 0.185 e. The minimum absolute atomic E-state index is 0.0708. The molecule has 0 saturated carbocycles. The fraction of sp³-hybridized carbons (Fsp3) is 0.286. The van der Waals surface area contributed by atoms with E-state index >= 15 is 0 Å². The molecule has 0 bridgehead atoms. The molecule has 0 unspecified atom stereocenters. The lowest BCUT2D eigenvalue weighted by Crippen LogP contribution is -2.39. The minimum Gasteiger partial charge on any atom is -0.348 e. The number of benzene rings is 2. The van der Waals surface area contributed by atoms with Crippen LogP contribution >= 0.6 is 27.3 Å². The molecule has 29 heavy (non-hydrogen) atoms. The third kappa shape index (κ3) is 4.70. The van der Waals surface area contributed by atoms with Gasteiger partial charge in [-0.05, 0) is 48.7 Å². The van der Waals surface area contributed by atoms with Crippen molar-refractivity contribution in [1.82, 2.24) is 4.98 Å². The zero-order valence-corrected chi connectivity index (χ0v) is 18.8. The summed E-state index contributed by atoms with van der Waals surface area (Å²) in [4.78, 5) is 6.96. The summed E-state index contributed by atoms with van der Waals surface area (Å²) in [6, 6.07) is 13.5. The number of piperidine rings is 1. The standard InChI is InChI=1S/C21H20BrFN2O2S2/c22-16-4-1-3-15(11-16)12-18-14-28-21(24-18)25-9-7-19(8-10-25)29(26,27)20-6-2-5-17(23)13-20/h1-6,11,13-14,19H,7-10,12H2. The van der Waals surface area contributed by atoms with E-state index in [1.54, 1.807) is 11.3 Å². The van der Waals surface area contributed by atoms with Crippen molar-refractivity contribution in [2.24, 2.45) is 0 Å². The van der Waals surface area contributed by atoms with Gasteiger partial charge in [-0.2, -0.15) is 0 Å². The van der Waals surface area contributed by atoms with Crippen LogP contribution in [0, 0.1) is 5.82 Å². The highest BCUT2D eigenvalue weighted by Crippen LogP contribution is 2.30. The van der Waals surface area contributed by atoms with Gasteiger partial charge in [0.2, 0.25) is 0 Å². The predicted molar refractivity (Wildman–Crippen MR) is 118 cm³/mol. The summed E-state index contributed by atoms with van der Waals surface area (Å²) in [7, 11) is -3.52. The van der Waals surface area contributed by atoms with Crippen LogP contribution in [0.3, 0.4) is 0 Å². The molecule has 0 radical (unpaired) electrons. The third-order valence-electron chi connectivity index (χ3n) is 5.09. The Morgan fingerprint density at radius 2 is 1.90 bits per heavy atom. The number of anilines is 1. The van der Waals surface area contributed by atoms with Crippen molar-refractivity contribution in [2.45, 2.75) is 29.4 Å². The first-order valence-electron chi connectivity index (χ1n) is 9.35. The van der Waals surface area contributed by atoms with E-state index in [4.69, 9.17) is 4.98 Å². The van der Waals surface area contributed by atoms with Crippen molar-refractivity contribution in [1.29, 1.82) is 0 Å². The van der Waals surface area contributed by atoms with Crippen LogP contribution in [-0.2, 0) is 16.3 Å². The molecule has 1 aliphatic rings. The quantitative estimate of drug-likeness (QED) is 0.496. The van der Waals surface area contributed by atoms with Gasteiger partial charge in [0, 0.05) is 29.4 Å². The van der Waals surface area contributed by atoms with E-state index in [0.717, 1.165) is 27.8 Å². The molecule has 1 aromatic heterocycles. The number of sulfone groups is 1. The molecule has 1 saturated heterocycles. The van der Waals surface area contributed by atoms with E-state index in [9.17, 15) is 12.8 Å². The van der Waals surface area contributed by atoms with E-state index in [2.05, 4.69) is 38.3 Å². The second-order valence-corrected chi connectivity index (χ2v) is 11.1. The van der Waals surface area contributed by atoms with Crippen LogP contribution in [0.15, 0.2) is 63.3 Å². The van der Waals surface area contributed by atoms with Gasteiger partial charge in [-0.15, -0.1) is 11.3 Å². The summed E-state index contributed by atoms with van der Waals surface area (Å²) in [6.07, 6.45) is 1.79. The molecule has 8 heteroatoms. The highest BCUT2D eigenvalue weighted by atomic mass is 79.9. The predicted octanol–water partition coefficient (Wildman–Crippen LogP) is 5.08. The molecular formula is C21H20BrFN2O2S2. The lowest BCUT2D eigenvalue weighted by Gasteiger charge is -2.31. The average Bonchev–Trinajstić information content (AvgIpc) is 3.16. The first kappa shape index (κ1) is 20.5. The zero-order valence-electron chi connectivity index (χ0n) is 15.6. The fourth-order valence-corrected chi connectivity index (χ4v) is 6.66. The normalized spacial score (nSPS) is 15.6. The first-order chi connectivity index (χ1) is 13.9. The number of hydrogen-bond acceptors (Lipinski definition) is 5. The largest absolute Gasteiger partial charge is 0.348 e. The highest BCUT2D eigenvalue weighted by Gasteiger charge is 2.32. The molecular weight excluding hydrogens is 475 g/mol. The maximum atomic E-state index is 13.4. The molecule has 3 aromatic rings. The van der Waals surface area contributed by atoms with E-state index in [-0.39, 0.29) is 4.90 Å². The molecule has 1 aliphatic heterocycles. The summed E-state index contributed by atoms with van der Waals surface area (Å²) in [5.74, 6) is -0.524. The highest BCUT2D eigenvalue weighted by molar-refractivity contribution is 9.10. The number of thiazole rings is 1. The van der Waals surface area contributed by atoms with E-state index in [1.165, 1.54) is 23.8 Å². The second kappa shape index (κ2) is 8.53. The van der Waals surface area contributed by atoms with Crippen LogP contribution in [-0.4, -0.2) is 31.7 Å². The van der Waals surface area contributed by atoms with Crippen LogP contribution in [0.5, 0.6) is 0 Å². The number of aromatic nitrogens is 1. The maximum absolute atomic E-state index is 13.4. The minimum atomic E-state index is -3.52. The Kier molecular flexibility index (Phi) is 6.03. The number of rotatable bonds is 5. The third-order valence-corrected chi connectivity index (χ3v) is 8.79. The van der Waals surface area contributed by atoms with Gasteiger partial charge in [-0.3, -0.25) is 0 Å². The van der Waals surface area contributed by atoms with Crippen LogP contribution < -0.4 is 4.90 Å². The molecule has 2 aromatic carbocycles. The van der Waals surface area contributed by atoms with Gasteiger partial charge in [0.1, 0.15) is 5.82 Å². The van der Waals surface area contributed by atoms with Crippen LogP contribution in [0.25, 0.3) is 0 Å². The summed E-state index contributed by atoms with van der Waals surface area (Å²) < 4.78 is 40.1.